The molecule has 0 atom stereocenters. The van der Waals surface area contributed by atoms with Crippen molar-refractivity contribution >= 4 is 17.0 Å². The molecule has 0 unspecified atom stereocenters. The summed E-state index contributed by atoms with van der Waals surface area (Å²) in [6.07, 6.45) is 2.83. The number of pyridine rings is 2. The number of hydrogen-bond acceptors (Lipinski definition) is 5. The summed E-state index contributed by atoms with van der Waals surface area (Å²) in [5.74, 6) is -0.727. The van der Waals surface area contributed by atoms with Gasteiger partial charge in [-0.25, -0.2) is 14.8 Å². The number of fused-ring (bicyclic) bond motifs is 1. The number of carbonyl (C=O) groups excluding carboxylic acids is 1. The fraction of sp³-hybridized carbons (Fsp3) is 0.182. The molecular weight excluding hydrogens is 208 g/mol. The van der Waals surface area contributed by atoms with Crippen LogP contribution in [0, 0.1) is 0 Å². The Morgan fingerprint density at radius 1 is 1.50 bits per heavy atom. The molecule has 0 aliphatic heterocycles. The average molecular weight is 218 g/mol. The highest BCUT2D eigenvalue weighted by Crippen LogP contribution is 2.25. The van der Waals surface area contributed by atoms with Crippen molar-refractivity contribution in [1.82, 2.24) is 9.97 Å². The van der Waals surface area contributed by atoms with E-state index < -0.39 is 5.97 Å². The number of esters is 1. The van der Waals surface area contributed by atoms with Gasteiger partial charge in [-0.1, -0.05) is 0 Å². The van der Waals surface area contributed by atoms with E-state index in [1.54, 1.807) is 25.3 Å². The van der Waals surface area contributed by atoms with Gasteiger partial charge in [0.15, 0.2) is 5.65 Å². The SMILES string of the molecule is CCOC(=O)c1cnc2ncccc2c1O. The van der Waals surface area contributed by atoms with E-state index in [4.69, 9.17) is 4.74 Å². The lowest BCUT2D eigenvalue weighted by Gasteiger charge is -2.05. The summed E-state index contributed by atoms with van der Waals surface area (Å²) in [6.45, 7) is 1.95. The number of aromatic nitrogens is 2. The third kappa shape index (κ3) is 1.67. The van der Waals surface area contributed by atoms with Crippen LogP contribution in [0.5, 0.6) is 5.75 Å². The lowest BCUT2D eigenvalue weighted by Crippen LogP contribution is -2.05. The summed E-state index contributed by atoms with van der Waals surface area (Å²) >= 11 is 0. The first-order valence-electron chi connectivity index (χ1n) is 4.84. The molecule has 2 rings (SSSR count). The van der Waals surface area contributed by atoms with E-state index in [1.807, 2.05) is 0 Å². The summed E-state index contributed by atoms with van der Waals surface area (Å²) in [5.41, 5.74) is 0.454. The number of nitrogens with zero attached hydrogens (tertiary/aromatic N) is 2. The molecule has 5 heteroatoms. The minimum Gasteiger partial charge on any atom is -0.506 e. The molecule has 0 aromatic carbocycles. The van der Waals surface area contributed by atoms with Crippen molar-refractivity contribution in [3.05, 3.63) is 30.1 Å². The molecular formula is C11H10N2O3. The second kappa shape index (κ2) is 4.14. The first-order valence-corrected chi connectivity index (χ1v) is 4.84. The van der Waals surface area contributed by atoms with Crippen molar-refractivity contribution in [1.29, 1.82) is 0 Å². The minimum atomic E-state index is -0.585. The van der Waals surface area contributed by atoms with Gasteiger partial charge in [0.05, 0.1) is 12.0 Å². The Hall–Kier alpha value is -2.17. The fourth-order valence-corrected chi connectivity index (χ4v) is 1.37. The van der Waals surface area contributed by atoms with Crippen LogP contribution in [0.3, 0.4) is 0 Å². The van der Waals surface area contributed by atoms with Crippen molar-refractivity contribution < 1.29 is 14.6 Å². The van der Waals surface area contributed by atoms with Crippen LogP contribution >= 0.6 is 0 Å². The molecule has 0 aliphatic rings. The van der Waals surface area contributed by atoms with E-state index in [0.717, 1.165) is 0 Å². The van der Waals surface area contributed by atoms with Crippen molar-refractivity contribution in [3.63, 3.8) is 0 Å². The Morgan fingerprint density at radius 2 is 2.31 bits per heavy atom. The van der Waals surface area contributed by atoms with Gasteiger partial charge < -0.3 is 9.84 Å². The Morgan fingerprint density at radius 3 is 3.06 bits per heavy atom. The van der Waals surface area contributed by atoms with E-state index >= 15 is 0 Å². The van der Waals surface area contributed by atoms with Crippen LogP contribution in [0.15, 0.2) is 24.5 Å². The van der Waals surface area contributed by atoms with E-state index in [-0.39, 0.29) is 17.9 Å². The Labute approximate surface area is 91.7 Å². The van der Waals surface area contributed by atoms with Gasteiger partial charge in [-0.05, 0) is 19.1 Å². The molecule has 2 aromatic heterocycles. The van der Waals surface area contributed by atoms with Gasteiger partial charge in [-0.3, -0.25) is 0 Å². The Kier molecular flexibility index (Phi) is 2.68. The third-order valence-corrected chi connectivity index (χ3v) is 2.11. The third-order valence-electron chi connectivity index (χ3n) is 2.11. The lowest BCUT2D eigenvalue weighted by molar-refractivity contribution is 0.0523. The van der Waals surface area contributed by atoms with Crippen LogP contribution in [0.2, 0.25) is 0 Å². The van der Waals surface area contributed by atoms with Crippen LogP contribution < -0.4 is 0 Å². The van der Waals surface area contributed by atoms with Crippen LogP contribution in [-0.4, -0.2) is 27.7 Å². The molecule has 0 spiro atoms. The molecule has 0 aliphatic carbocycles. The second-order valence-corrected chi connectivity index (χ2v) is 3.12. The van der Waals surface area contributed by atoms with Gasteiger partial charge in [0.1, 0.15) is 11.3 Å². The predicted molar refractivity (Wildman–Crippen MR) is 57.2 cm³/mol. The molecule has 2 aromatic rings. The maximum absolute atomic E-state index is 11.5. The molecule has 1 N–H and O–H groups in total. The predicted octanol–water partition coefficient (Wildman–Crippen LogP) is 1.51. The number of hydrogen-bond donors (Lipinski definition) is 1. The van der Waals surface area contributed by atoms with Crippen LogP contribution in [0.1, 0.15) is 17.3 Å². The molecule has 0 saturated heterocycles. The number of aromatic hydroxyl groups is 1. The zero-order valence-electron chi connectivity index (χ0n) is 8.67. The first-order chi connectivity index (χ1) is 7.74. The molecule has 5 nitrogen and oxygen atoms in total. The molecule has 2 heterocycles. The quantitative estimate of drug-likeness (QED) is 0.773. The van der Waals surface area contributed by atoms with E-state index in [2.05, 4.69) is 9.97 Å². The largest absolute Gasteiger partial charge is 0.506 e. The van der Waals surface area contributed by atoms with E-state index in [1.165, 1.54) is 6.20 Å². The maximum Gasteiger partial charge on any atom is 0.343 e. The van der Waals surface area contributed by atoms with Crippen molar-refractivity contribution in [3.8, 4) is 5.75 Å². The Balaban J connectivity index is 2.56. The van der Waals surface area contributed by atoms with Crippen LogP contribution in [-0.2, 0) is 4.74 Å². The van der Waals surface area contributed by atoms with Gasteiger partial charge >= 0.3 is 5.97 Å². The van der Waals surface area contributed by atoms with Gasteiger partial charge in [-0.2, -0.15) is 0 Å². The number of rotatable bonds is 2. The van der Waals surface area contributed by atoms with E-state index in [0.29, 0.717) is 11.0 Å². The van der Waals surface area contributed by atoms with Crippen molar-refractivity contribution in [2.75, 3.05) is 6.61 Å². The summed E-state index contributed by atoms with van der Waals surface area (Å²) < 4.78 is 4.80. The Bertz CT molecular complexity index is 540. The summed E-state index contributed by atoms with van der Waals surface area (Å²) in [5, 5.41) is 10.3. The zero-order chi connectivity index (χ0) is 11.5. The highest BCUT2D eigenvalue weighted by atomic mass is 16.5. The van der Waals surface area contributed by atoms with E-state index in [9.17, 15) is 9.90 Å². The normalized spacial score (nSPS) is 10.3. The van der Waals surface area contributed by atoms with Crippen molar-refractivity contribution in [2.45, 2.75) is 6.92 Å². The van der Waals surface area contributed by atoms with Gasteiger partial charge in [0.25, 0.3) is 0 Å². The lowest BCUT2D eigenvalue weighted by atomic mass is 10.2. The smallest absolute Gasteiger partial charge is 0.343 e. The fourth-order valence-electron chi connectivity index (χ4n) is 1.37. The average Bonchev–Trinajstić information content (AvgIpc) is 2.30. The van der Waals surface area contributed by atoms with Gasteiger partial charge in [-0.15, -0.1) is 0 Å². The van der Waals surface area contributed by atoms with Crippen LogP contribution in [0.4, 0.5) is 0 Å². The zero-order valence-corrected chi connectivity index (χ0v) is 8.67. The summed E-state index contributed by atoms with van der Waals surface area (Å²) in [7, 11) is 0. The van der Waals surface area contributed by atoms with Crippen molar-refractivity contribution in [2.24, 2.45) is 0 Å². The maximum atomic E-state index is 11.5. The number of ether oxygens (including phenoxy) is 1. The first kappa shape index (κ1) is 10.4. The molecule has 0 saturated carbocycles. The molecule has 16 heavy (non-hydrogen) atoms. The topological polar surface area (TPSA) is 72.3 Å². The monoisotopic (exact) mass is 218 g/mol. The molecule has 0 radical (unpaired) electrons. The van der Waals surface area contributed by atoms with Crippen LogP contribution in [0.25, 0.3) is 11.0 Å². The van der Waals surface area contributed by atoms with Gasteiger partial charge in [0.2, 0.25) is 0 Å². The molecule has 0 amide bonds. The highest BCUT2D eigenvalue weighted by molar-refractivity contribution is 5.98. The molecule has 0 bridgehead atoms. The summed E-state index contributed by atoms with van der Waals surface area (Å²) in [6, 6.07) is 3.31. The summed E-state index contributed by atoms with van der Waals surface area (Å²) in [4.78, 5) is 19.4. The highest BCUT2D eigenvalue weighted by Gasteiger charge is 2.15. The minimum absolute atomic E-state index is 0.0577. The van der Waals surface area contributed by atoms with Gasteiger partial charge in [0, 0.05) is 12.4 Å². The molecule has 82 valence electrons. The second-order valence-electron chi connectivity index (χ2n) is 3.12. The number of carbonyl (C=O) groups is 1. The standard InChI is InChI=1S/C11H10N2O3/c1-2-16-11(15)8-6-13-10-7(9(8)14)4-3-5-12-10/h3-6H,2H2,1H3,(H,12,13,14). The molecule has 0 fully saturated rings.